The fourth-order valence-corrected chi connectivity index (χ4v) is 4.89. The average Bonchev–Trinajstić information content (AvgIpc) is 3.36. The van der Waals surface area contributed by atoms with Crippen molar-refractivity contribution in [3.8, 4) is 16.9 Å². The lowest BCUT2D eigenvalue weighted by Gasteiger charge is -2.22. The number of carbonyl (C=O) groups is 2. The normalized spacial score (nSPS) is 14.9. The van der Waals surface area contributed by atoms with Gasteiger partial charge >= 0.3 is 5.97 Å². The van der Waals surface area contributed by atoms with E-state index in [1.165, 1.54) is 5.01 Å². The molecule has 2 heterocycles. The van der Waals surface area contributed by atoms with Gasteiger partial charge in [-0.15, -0.1) is 0 Å². The van der Waals surface area contributed by atoms with Gasteiger partial charge in [0.25, 0.3) is 5.56 Å². The van der Waals surface area contributed by atoms with Gasteiger partial charge in [0, 0.05) is 34.3 Å². The Labute approximate surface area is 223 Å². The first-order chi connectivity index (χ1) is 18.4. The summed E-state index contributed by atoms with van der Waals surface area (Å²) in [6, 6.07) is 21.4. The molecule has 0 spiro atoms. The summed E-state index contributed by atoms with van der Waals surface area (Å²) < 4.78 is 5.37. The van der Waals surface area contributed by atoms with Gasteiger partial charge in [0.15, 0.2) is 0 Å². The lowest BCUT2D eigenvalue weighted by molar-refractivity contribution is -0.141. The summed E-state index contributed by atoms with van der Waals surface area (Å²) in [5.41, 5.74) is 3.34. The summed E-state index contributed by atoms with van der Waals surface area (Å²) in [6.45, 7) is 0. The molecule has 1 amide bonds. The van der Waals surface area contributed by atoms with Crippen molar-refractivity contribution in [3.05, 3.63) is 99.3 Å². The number of fused-ring (bicyclic) bond motifs is 1. The molecule has 192 valence electrons. The molecule has 1 aliphatic heterocycles. The molecule has 8 nitrogen and oxygen atoms in total. The zero-order valence-corrected chi connectivity index (χ0v) is 21.2. The van der Waals surface area contributed by atoms with E-state index in [2.05, 4.69) is 10.1 Å². The Hall–Kier alpha value is -4.43. The largest absolute Gasteiger partial charge is 0.497 e. The van der Waals surface area contributed by atoms with Crippen molar-refractivity contribution in [2.45, 2.75) is 25.3 Å². The molecular weight excluding hydrogens is 506 g/mol. The molecule has 0 saturated heterocycles. The highest BCUT2D eigenvalue weighted by atomic mass is 35.5. The molecule has 1 atom stereocenters. The molecule has 0 saturated carbocycles. The molecule has 4 aromatic rings. The Kier molecular flexibility index (Phi) is 6.98. The Morgan fingerprint density at radius 2 is 1.82 bits per heavy atom. The number of para-hydroxylation sites is 1. The molecule has 9 heteroatoms. The number of methoxy groups -OCH3 is 1. The number of benzene rings is 3. The molecule has 2 N–H and O–H groups in total. The first-order valence-electron chi connectivity index (χ1n) is 12.0. The molecule has 1 unspecified atom stereocenters. The molecule has 1 aromatic heterocycles. The minimum absolute atomic E-state index is 0.218. The van der Waals surface area contributed by atoms with Crippen molar-refractivity contribution in [2.75, 3.05) is 7.11 Å². The molecule has 3 aromatic carbocycles. The lowest BCUT2D eigenvalue weighted by atomic mass is 9.91. The smallest absolute Gasteiger partial charge is 0.303 e. The number of rotatable bonds is 7. The summed E-state index contributed by atoms with van der Waals surface area (Å²) in [4.78, 5) is 40.8. The molecule has 5 rings (SSSR count). The number of ether oxygens (including phenoxy) is 1. The Balaban J connectivity index is 1.68. The van der Waals surface area contributed by atoms with E-state index in [-0.39, 0.29) is 24.8 Å². The SMILES string of the molecule is COc1cccc(C2CC(c3c(-c4ccc(Cl)cc4)c4ccccc4[nH]c3=O)=NN2C(=O)CCC(=O)O)c1. The topological polar surface area (TPSA) is 112 Å². The second kappa shape index (κ2) is 10.5. The lowest BCUT2D eigenvalue weighted by Crippen LogP contribution is -2.27. The Morgan fingerprint density at radius 3 is 2.55 bits per heavy atom. The number of pyridine rings is 1. The van der Waals surface area contributed by atoms with Crippen LogP contribution in [0, 0.1) is 0 Å². The number of aromatic amines is 1. The van der Waals surface area contributed by atoms with E-state index in [0.717, 1.165) is 16.5 Å². The number of carbonyl (C=O) groups excluding carboxylic acids is 1. The second-order valence-corrected chi connectivity index (χ2v) is 9.37. The number of carboxylic acid groups (broad SMARTS) is 1. The fourth-order valence-electron chi connectivity index (χ4n) is 4.76. The first-order valence-corrected chi connectivity index (χ1v) is 12.4. The van der Waals surface area contributed by atoms with Crippen LogP contribution in [0.4, 0.5) is 0 Å². The third kappa shape index (κ3) is 4.90. The van der Waals surface area contributed by atoms with Crippen molar-refractivity contribution in [3.63, 3.8) is 0 Å². The highest BCUT2D eigenvalue weighted by Crippen LogP contribution is 2.38. The summed E-state index contributed by atoms with van der Waals surface area (Å²) in [7, 11) is 1.55. The van der Waals surface area contributed by atoms with Crippen LogP contribution >= 0.6 is 11.6 Å². The maximum absolute atomic E-state index is 13.6. The first kappa shape index (κ1) is 25.2. The van der Waals surface area contributed by atoms with E-state index in [1.807, 2.05) is 54.6 Å². The quantitative estimate of drug-likeness (QED) is 0.333. The average molecular weight is 530 g/mol. The molecule has 0 aliphatic carbocycles. The number of nitrogens with one attached hydrogen (secondary N) is 1. The zero-order chi connectivity index (χ0) is 26.8. The number of nitrogens with zero attached hydrogens (tertiary/aromatic N) is 2. The minimum atomic E-state index is -1.07. The van der Waals surface area contributed by atoms with E-state index >= 15 is 0 Å². The third-order valence-corrected chi connectivity index (χ3v) is 6.79. The number of aliphatic carboxylic acids is 1. The van der Waals surface area contributed by atoms with Crippen LogP contribution in [-0.2, 0) is 9.59 Å². The van der Waals surface area contributed by atoms with E-state index < -0.39 is 17.9 Å². The van der Waals surface area contributed by atoms with Gasteiger partial charge in [0.2, 0.25) is 5.91 Å². The van der Waals surface area contributed by atoms with E-state index in [9.17, 15) is 14.4 Å². The van der Waals surface area contributed by atoms with Gasteiger partial charge in [-0.05, 0) is 41.5 Å². The monoisotopic (exact) mass is 529 g/mol. The standard InChI is InChI=1S/C29H24ClN3O5/c1-38-20-6-4-5-18(15-20)24-16-23(32-33(24)25(34)13-14-26(35)36)28-27(17-9-11-19(30)12-10-17)21-7-2-3-8-22(21)31-29(28)37/h2-12,15,24H,13-14,16H2,1H3,(H,31,37)(H,35,36). The predicted octanol–water partition coefficient (Wildman–Crippen LogP) is 5.40. The highest BCUT2D eigenvalue weighted by molar-refractivity contribution is 6.30. The number of halogens is 1. The van der Waals surface area contributed by atoms with Gasteiger partial charge in [-0.2, -0.15) is 5.10 Å². The van der Waals surface area contributed by atoms with Crippen LogP contribution < -0.4 is 10.3 Å². The van der Waals surface area contributed by atoms with Crippen LogP contribution in [0.25, 0.3) is 22.0 Å². The summed E-state index contributed by atoms with van der Waals surface area (Å²) in [5, 5.41) is 16.5. The maximum Gasteiger partial charge on any atom is 0.303 e. The van der Waals surface area contributed by atoms with Crippen LogP contribution in [-0.4, -0.2) is 39.8 Å². The Bertz CT molecular complexity index is 1630. The van der Waals surface area contributed by atoms with Crippen LogP contribution in [0.5, 0.6) is 5.75 Å². The fraction of sp³-hybridized carbons (Fsp3) is 0.172. The molecule has 0 fully saturated rings. The van der Waals surface area contributed by atoms with E-state index in [0.29, 0.717) is 33.1 Å². The maximum atomic E-state index is 13.6. The number of amides is 1. The van der Waals surface area contributed by atoms with Gasteiger partial charge < -0.3 is 14.8 Å². The summed E-state index contributed by atoms with van der Waals surface area (Å²) in [5.74, 6) is -0.907. The van der Waals surface area contributed by atoms with Crippen LogP contribution in [0.3, 0.4) is 0 Å². The van der Waals surface area contributed by atoms with Crippen LogP contribution in [0.15, 0.2) is 82.7 Å². The number of hydrogen-bond acceptors (Lipinski definition) is 5. The number of H-pyrrole nitrogens is 1. The molecular formula is C29H24ClN3O5. The highest BCUT2D eigenvalue weighted by Gasteiger charge is 2.35. The van der Waals surface area contributed by atoms with Gasteiger partial charge in [-0.3, -0.25) is 14.4 Å². The van der Waals surface area contributed by atoms with Crippen molar-refractivity contribution in [2.24, 2.45) is 5.10 Å². The second-order valence-electron chi connectivity index (χ2n) is 8.93. The number of hydrogen-bond donors (Lipinski definition) is 2. The van der Waals surface area contributed by atoms with Crippen LogP contribution in [0.2, 0.25) is 5.02 Å². The van der Waals surface area contributed by atoms with Crippen LogP contribution in [0.1, 0.15) is 36.4 Å². The predicted molar refractivity (Wildman–Crippen MR) is 146 cm³/mol. The molecule has 0 radical (unpaired) electrons. The number of carboxylic acids is 1. The molecule has 0 bridgehead atoms. The van der Waals surface area contributed by atoms with E-state index in [1.54, 1.807) is 25.3 Å². The van der Waals surface area contributed by atoms with Crippen molar-refractivity contribution in [1.29, 1.82) is 0 Å². The van der Waals surface area contributed by atoms with Crippen molar-refractivity contribution in [1.82, 2.24) is 9.99 Å². The van der Waals surface area contributed by atoms with Gasteiger partial charge in [-0.25, -0.2) is 5.01 Å². The Morgan fingerprint density at radius 1 is 1.05 bits per heavy atom. The van der Waals surface area contributed by atoms with Gasteiger partial charge in [0.1, 0.15) is 5.75 Å². The van der Waals surface area contributed by atoms with E-state index in [4.69, 9.17) is 21.4 Å². The number of aromatic nitrogens is 1. The van der Waals surface area contributed by atoms with Gasteiger partial charge in [0.05, 0.1) is 30.8 Å². The number of hydrazone groups is 1. The summed E-state index contributed by atoms with van der Waals surface area (Å²) in [6.07, 6.45) is -0.281. The minimum Gasteiger partial charge on any atom is -0.497 e. The molecule has 1 aliphatic rings. The van der Waals surface area contributed by atoms with Gasteiger partial charge in [-0.1, -0.05) is 54.1 Å². The molecule has 38 heavy (non-hydrogen) atoms. The van der Waals surface area contributed by atoms with Crippen molar-refractivity contribution < 1.29 is 19.4 Å². The summed E-state index contributed by atoms with van der Waals surface area (Å²) >= 11 is 6.15. The third-order valence-electron chi connectivity index (χ3n) is 6.54. The van der Waals surface area contributed by atoms with Crippen molar-refractivity contribution >= 4 is 40.1 Å². The zero-order valence-electron chi connectivity index (χ0n) is 20.5.